The molecule has 3 aromatic rings. The standard InChI is InChI=1S/C22H28N6O2/c1-14-7-8-16-12-18(22(29)23-19(16)15(14)2)20(27-9-3-4-10-27)21-24-25-26-28(21)13-17-6-5-11-30-17/h7-8,12,17,20H,3-6,9-11,13H2,1-2H3,(H,23,29)/t17-,20-/m0/s1. The number of aryl methyl sites for hydroxylation is 2. The van der Waals surface area contributed by atoms with Gasteiger partial charge in [-0.2, -0.15) is 0 Å². The average Bonchev–Trinajstić information content (AvgIpc) is 3.51. The van der Waals surface area contributed by atoms with Gasteiger partial charge in [0.25, 0.3) is 5.56 Å². The summed E-state index contributed by atoms with van der Waals surface area (Å²) in [4.78, 5) is 18.7. The van der Waals surface area contributed by atoms with Crippen LogP contribution in [-0.4, -0.2) is 55.9 Å². The number of likely N-dealkylation sites (tertiary alicyclic amines) is 1. The van der Waals surface area contributed by atoms with Crippen molar-refractivity contribution in [2.45, 2.75) is 58.2 Å². The Morgan fingerprint density at radius 3 is 2.83 bits per heavy atom. The Bertz CT molecular complexity index is 1110. The second-order valence-corrected chi connectivity index (χ2v) is 8.53. The quantitative estimate of drug-likeness (QED) is 0.698. The summed E-state index contributed by atoms with van der Waals surface area (Å²) in [6.45, 7) is 7.39. The minimum absolute atomic E-state index is 0.0697. The Morgan fingerprint density at radius 2 is 2.07 bits per heavy atom. The summed E-state index contributed by atoms with van der Waals surface area (Å²) in [5.41, 5.74) is 3.82. The van der Waals surface area contributed by atoms with Gasteiger partial charge in [-0.25, -0.2) is 4.68 Å². The molecule has 5 rings (SSSR count). The van der Waals surface area contributed by atoms with Crippen molar-refractivity contribution in [1.82, 2.24) is 30.1 Å². The average molecular weight is 409 g/mol. The van der Waals surface area contributed by atoms with Crippen LogP contribution in [0.1, 0.15) is 54.2 Å². The number of pyridine rings is 1. The van der Waals surface area contributed by atoms with Crippen LogP contribution < -0.4 is 5.56 Å². The molecule has 0 unspecified atom stereocenters. The van der Waals surface area contributed by atoms with Gasteiger partial charge in [0.2, 0.25) is 0 Å². The van der Waals surface area contributed by atoms with Gasteiger partial charge < -0.3 is 9.72 Å². The van der Waals surface area contributed by atoms with Crippen molar-refractivity contribution >= 4 is 10.9 Å². The molecule has 8 heteroatoms. The van der Waals surface area contributed by atoms with Crippen LogP contribution in [0.3, 0.4) is 0 Å². The molecule has 0 radical (unpaired) electrons. The van der Waals surface area contributed by atoms with Crippen LogP contribution in [0.15, 0.2) is 23.0 Å². The zero-order valence-corrected chi connectivity index (χ0v) is 17.6. The van der Waals surface area contributed by atoms with Crippen LogP contribution in [0.25, 0.3) is 10.9 Å². The van der Waals surface area contributed by atoms with E-state index in [-0.39, 0.29) is 17.7 Å². The minimum Gasteiger partial charge on any atom is -0.376 e. The summed E-state index contributed by atoms with van der Waals surface area (Å²) in [5.74, 6) is 0.723. The zero-order valence-electron chi connectivity index (χ0n) is 17.6. The van der Waals surface area contributed by atoms with Gasteiger partial charge in [-0.05, 0) is 85.6 Å². The van der Waals surface area contributed by atoms with Crippen molar-refractivity contribution in [3.8, 4) is 0 Å². The molecule has 2 aromatic heterocycles. The third-order valence-corrected chi connectivity index (χ3v) is 6.58. The van der Waals surface area contributed by atoms with E-state index in [4.69, 9.17) is 4.74 Å². The van der Waals surface area contributed by atoms with Crippen LogP contribution in [0.4, 0.5) is 0 Å². The number of nitrogens with zero attached hydrogens (tertiary/aromatic N) is 5. The highest BCUT2D eigenvalue weighted by Gasteiger charge is 2.33. The maximum Gasteiger partial charge on any atom is 0.253 e. The molecule has 2 atom stereocenters. The van der Waals surface area contributed by atoms with Crippen LogP contribution in [0.5, 0.6) is 0 Å². The number of tetrazole rings is 1. The molecule has 0 amide bonds. The normalized spacial score (nSPS) is 20.9. The van der Waals surface area contributed by atoms with E-state index in [0.717, 1.165) is 67.7 Å². The summed E-state index contributed by atoms with van der Waals surface area (Å²) in [6, 6.07) is 5.94. The molecule has 0 aliphatic carbocycles. The van der Waals surface area contributed by atoms with E-state index in [2.05, 4.69) is 44.5 Å². The lowest BCUT2D eigenvalue weighted by Crippen LogP contribution is -2.34. The highest BCUT2D eigenvalue weighted by molar-refractivity contribution is 5.83. The SMILES string of the molecule is Cc1ccc2cc([C@@H](c3nnnn3C[C@@H]3CCCO3)N3CCCC3)c(=O)[nH]c2c1C. The van der Waals surface area contributed by atoms with Gasteiger partial charge in [0.15, 0.2) is 5.82 Å². The van der Waals surface area contributed by atoms with E-state index in [1.807, 2.05) is 17.7 Å². The Labute approximate surface area is 175 Å². The second kappa shape index (κ2) is 7.92. The number of fused-ring (bicyclic) bond motifs is 1. The first-order chi connectivity index (χ1) is 14.6. The fraction of sp³-hybridized carbons (Fsp3) is 0.545. The molecule has 8 nitrogen and oxygen atoms in total. The molecule has 1 aromatic carbocycles. The van der Waals surface area contributed by atoms with E-state index >= 15 is 0 Å². The lowest BCUT2D eigenvalue weighted by molar-refractivity contribution is 0.0912. The topological polar surface area (TPSA) is 88.9 Å². The number of hydrogen-bond donors (Lipinski definition) is 1. The number of benzene rings is 1. The van der Waals surface area contributed by atoms with Gasteiger partial charge >= 0.3 is 0 Å². The summed E-state index contributed by atoms with van der Waals surface area (Å²) >= 11 is 0. The van der Waals surface area contributed by atoms with Crippen molar-refractivity contribution in [2.75, 3.05) is 19.7 Å². The number of H-pyrrole nitrogens is 1. The molecular weight excluding hydrogens is 380 g/mol. The highest BCUT2D eigenvalue weighted by Crippen LogP contribution is 2.31. The Hall–Kier alpha value is -2.58. The largest absolute Gasteiger partial charge is 0.376 e. The maximum atomic E-state index is 13.3. The smallest absolute Gasteiger partial charge is 0.253 e. The van der Waals surface area contributed by atoms with Crippen LogP contribution in [0.2, 0.25) is 0 Å². The fourth-order valence-electron chi connectivity index (χ4n) is 4.76. The molecule has 1 N–H and O–H groups in total. The molecule has 2 saturated heterocycles. The van der Waals surface area contributed by atoms with Gasteiger partial charge in [0.1, 0.15) is 6.04 Å². The molecule has 30 heavy (non-hydrogen) atoms. The molecular formula is C22H28N6O2. The number of nitrogens with one attached hydrogen (secondary N) is 1. The van der Waals surface area contributed by atoms with Crippen molar-refractivity contribution in [1.29, 1.82) is 0 Å². The number of ether oxygens (including phenoxy) is 1. The molecule has 0 saturated carbocycles. The van der Waals surface area contributed by atoms with E-state index in [1.54, 1.807) is 0 Å². The van der Waals surface area contributed by atoms with Crippen molar-refractivity contribution in [2.24, 2.45) is 0 Å². The molecule has 0 bridgehead atoms. The molecule has 2 fully saturated rings. The Balaban J connectivity index is 1.61. The second-order valence-electron chi connectivity index (χ2n) is 8.53. The number of hydrogen-bond acceptors (Lipinski definition) is 6. The predicted octanol–water partition coefficient (Wildman–Crippen LogP) is 2.50. The van der Waals surface area contributed by atoms with Crippen LogP contribution >= 0.6 is 0 Å². The number of aromatic nitrogens is 5. The molecule has 2 aliphatic heterocycles. The van der Waals surface area contributed by atoms with Crippen molar-refractivity contribution in [3.63, 3.8) is 0 Å². The van der Waals surface area contributed by atoms with E-state index in [1.165, 1.54) is 5.56 Å². The van der Waals surface area contributed by atoms with Gasteiger partial charge in [0, 0.05) is 12.2 Å². The monoisotopic (exact) mass is 408 g/mol. The minimum atomic E-state index is -0.265. The predicted molar refractivity (Wildman–Crippen MR) is 113 cm³/mol. The lowest BCUT2D eigenvalue weighted by Gasteiger charge is -2.27. The first-order valence-corrected chi connectivity index (χ1v) is 10.9. The van der Waals surface area contributed by atoms with Gasteiger partial charge in [-0.3, -0.25) is 9.69 Å². The van der Waals surface area contributed by atoms with E-state index < -0.39 is 0 Å². The third kappa shape index (κ3) is 3.44. The Morgan fingerprint density at radius 1 is 1.23 bits per heavy atom. The molecule has 2 aliphatic rings. The van der Waals surface area contributed by atoms with Crippen LogP contribution in [0, 0.1) is 13.8 Å². The highest BCUT2D eigenvalue weighted by atomic mass is 16.5. The van der Waals surface area contributed by atoms with E-state index in [9.17, 15) is 4.79 Å². The van der Waals surface area contributed by atoms with Gasteiger partial charge in [-0.1, -0.05) is 12.1 Å². The van der Waals surface area contributed by atoms with Crippen LogP contribution in [-0.2, 0) is 11.3 Å². The number of rotatable bonds is 5. The fourth-order valence-corrected chi connectivity index (χ4v) is 4.76. The molecule has 4 heterocycles. The first-order valence-electron chi connectivity index (χ1n) is 10.9. The summed E-state index contributed by atoms with van der Waals surface area (Å²) in [5, 5.41) is 13.6. The third-order valence-electron chi connectivity index (χ3n) is 6.58. The van der Waals surface area contributed by atoms with Crippen molar-refractivity contribution < 1.29 is 4.74 Å². The lowest BCUT2D eigenvalue weighted by atomic mass is 10.0. The summed E-state index contributed by atoms with van der Waals surface area (Å²) in [6.07, 6.45) is 4.46. The molecule has 0 spiro atoms. The van der Waals surface area contributed by atoms with Gasteiger partial charge in [-0.15, -0.1) is 5.10 Å². The number of aromatic amines is 1. The van der Waals surface area contributed by atoms with Gasteiger partial charge in [0.05, 0.1) is 18.2 Å². The zero-order chi connectivity index (χ0) is 20.7. The summed E-state index contributed by atoms with van der Waals surface area (Å²) < 4.78 is 7.64. The molecule has 158 valence electrons. The first kappa shape index (κ1) is 19.4. The van der Waals surface area contributed by atoms with Crippen molar-refractivity contribution in [3.05, 3.63) is 51.1 Å². The summed E-state index contributed by atoms with van der Waals surface area (Å²) in [7, 11) is 0. The maximum absolute atomic E-state index is 13.3. The Kier molecular flexibility index (Phi) is 5.12. The van der Waals surface area contributed by atoms with E-state index in [0.29, 0.717) is 12.1 Å².